The van der Waals surface area contributed by atoms with Crippen LogP contribution in [0.1, 0.15) is 31.8 Å². The Morgan fingerprint density at radius 2 is 1.42 bits per heavy atom. The Labute approximate surface area is 138 Å². The summed E-state index contributed by atoms with van der Waals surface area (Å²) in [6, 6.07) is 17.4. The van der Waals surface area contributed by atoms with Gasteiger partial charge in [-0.1, -0.05) is 48.2 Å². The minimum Gasteiger partial charge on any atom is -0.478 e. The second-order valence-corrected chi connectivity index (χ2v) is 5.19. The summed E-state index contributed by atoms with van der Waals surface area (Å²) in [6.45, 7) is 0. The van der Waals surface area contributed by atoms with Gasteiger partial charge in [0.15, 0.2) is 0 Å². The van der Waals surface area contributed by atoms with Crippen LogP contribution in [0.3, 0.4) is 0 Å². The molecule has 0 aliphatic heterocycles. The lowest BCUT2D eigenvalue weighted by Gasteiger charge is -2.00. The topological polar surface area (TPSA) is 74.6 Å². The highest BCUT2D eigenvalue weighted by molar-refractivity contribution is 5.94. The van der Waals surface area contributed by atoms with E-state index in [4.69, 9.17) is 10.2 Å². The molecule has 0 spiro atoms. The summed E-state index contributed by atoms with van der Waals surface area (Å²) in [5.74, 6) is 3.48. The molecule has 2 N–H and O–H groups in total. The first-order valence-corrected chi connectivity index (χ1v) is 7.16. The van der Waals surface area contributed by atoms with Crippen molar-refractivity contribution in [2.45, 2.75) is 0 Å². The molecule has 0 aromatic heterocycles. The Hall–Kier alpha value is -3.58. The third-order valence-corrected chi connectivity index (χ3v) is 3.56. The van der Waals surface area contributed by atoms with Gasteiger partial charge < -0.3 is 10.2 Å². The number of carboxylic acids is 2. The monoisotopic (exact) mass is 316 g/mol. The second kappa shape index (κ2) is 6.27. The van der Waals surface area contributed by atoms with Crippen molar-refractivity contribution in [1.29, 1.82) is 0 Å². The molecule has 3 rings (SSSR count). The molecule has 0 amide bonds. The molecule has 1 aromatic carbocycles. The first-order valence-electron chi connectivity index (χ1n) is 7.16. The molecule has 0 unspecified atom stereocenters. The lowest BCUT2D eigenvalue weighted by molar-refractivity contribution is 0.0696. The fraction of sp³-hybridized carbons (Fsp3) is 0. The number of carbonyl (C=O) groups is 2. The van der Waals surface area contributed by atoms with Gasteiger partial charge in [-0.05, 0) is 35.4 Å². The van der Waals surface area contributed by atoms with Crippen molar-refractivity contribution < 1.29 is 19.8 Å². The van der Waals surface area contributed by atoms with Crippen molar-refractivity contribution >= 4 is 11.9 Å². The molecule has 0 saturated carbocycles. The Bertz CT molecular complexity index is 944. The van der Waals surface area contributed by atoms with Crippen molar-refractivity contribution in [2.24, 2.45) is 0 Å². The van der Waals surface area contributed by atoms with Gasteiger partial charge in [0, 0.05) is 11.1 Å². The van der Waals surface area contributed by atoms with E-state index in [9.17, 15) is 9.59 Å². The van der Waals surface area contributed by atoms with Crippen LogP contribution in [-0.2, 0) is 0 Å². The number of rotatable bonds is 2. The molecule has 0 bridgehead atoms. The fourth-order valence-corrected chi connectivity index (χ4v) is 2.41. The number of hydrogen-bond acceptors (Lipinski definition) is 2. The van der Waals surface area contributed by atoms with Gasteiger partial charge in [-0.25, -0.2) is 9.59 Å². The van der Waals surface area contributed by atoms with Crippen LogP contribution in [0.4, 0.5) is 0 Å². The molecule has 0 atom stereocenters. The van der Waals surface area contributed by atoms with Gasteiger partial charge in [-0.15, -0.1) is 0 Å². The van der Waals surface area contributed by atoms with Crippen molar-refractivity contribution in [3.05, 3.63) is 82.9 Å². The molecule has 2 aliphatic rings. The zero-order valence-electron chi connectivity index (χ0n) is 12.5. The molecule has 116 valence electrons. The van der Waals surface area contributed by atoms with Gasteiger partial charge in [0.05, 0.1) is 11.1 Å². The minimum atomic E-state index is -1.19. The highest BCUT2D eigenvalue weighted by atomic mass is 16.4. The van der Waals surface area contributed by atoms with Crippen LogP contribution in [0.5, 0.6) is 0 Å². The van der Waals surface area contributed by atoms with Crippen LogP contribution in [0.25, 0.3) is 11.1 Å². The molecular formula is C20H12O4. The van der Waals surface area contributed by atoms with E-state index in [1.54, 1.807) is 0 Å². The van der Waals surface area contributed by atoms with E-state index in [2.05, 4.69) is 11.8 Å². The van der Waals surface area contributed by atoms with E-state index in [-0.39, 0.29) is 11.1 Å². The van der Waals surface area contributed by atoms with E-state index < -0.39 is 11.9 Å². The van der Waals surface area contributed by atoms with Gasteiger partial charge in [0.25, 0.3) is 0 Å². The van der Waals surface area contributed by atoms with Crippen LogP contribution < -0.4 is 0 Å². The molecule has 0 fully saturated rings. The van der Waals surface area contributed by atoms with Gasteiger partial charge in [0.2, 0.25) is 0 Å². The van der Waals surface area contributed by atoms with Crippen molar-refractivity contribution in [3.8, 4) is 23.0 Å². The van der Waals surface area contributed by atoms with Crippen LogP contribution in [0, 0.1) is 11.8 Å². The number of aromatic carboxylic acids is 2. The third kappa shape index (κ3) is 3.11. The molecular weight excluding hydrogens is 304 g/mol. The first kappa shape index (κ1) is 15.3. The van der Waals surface area contributed by atoms with E-state index in [1.165, 1.54) is 12.1 Å². The lowest BCUT2D eigenvalue weighted by Crippen LogP contribution is -2.03. The summed E-state index contributed by atoms with van der Waals surface area (Å²) in [6.07, 6.45) is 0. The van der Waals surface area contributed by atoms with Crippen molar-refractivity contribution in [2.75, 3.05) is 0 Å². The maximum Gasteiger partial charge on any atom is 0.335 e. The van der Waals surface area contributed by atoms with E-state index in [1.807, 2.05) is 42.5 Å². The minimum absolute atomic E-state index is 0.0991. The quantitative estimate of drug-likeness (QED) is 0.709. The molecule has 2 aliphatic carbocycles. The Morgan fingerprint density at radius 1 is 0.750 bits per heavy atom. The van der Waals surface area contributed by atoms with Crippen molar-refractivity contribution in [1.82, 2.24) is 0 Å². The summed E-state index contributed by atoms with van der Waals surface area (Å²) >= 11 is 0. The normalized spacial score (nSPS) is 10.0. The predicted octanol–water partition coefficient (Wildman–Crippen LogP) is 3.59. The highest BCUT2D eigenvalue weighted by Gasteiger charge is 2.11. The summed E-state index contributed by atoms with van der Waals surface area (Å²) < 4.78 is 0. The summed E-state index contributed by atoms with van der Waals surface area (Å²) in [5, 5.41) is 18.2. The maximum absolute atomic E-state index is 11.1. The summed E-state index contributed by atoms with van der Waals surface area (Å²) in [5.41, 5.74) is 2.99. The number of hydrogen-bond donors (Lipinski definition) is 2. The summed E-state index contributed by atoms with van der Waals surface area (Å²) in [4.78, 5) is 22.3. The predicted molar refractivity (Wildman–Crippen MR) is 89.4 cm³/mol. The Balaban J connectivity index is 2.05. The van der Waals surface area contributed by atoms with Gasteiger partial charge in [-0.3, -0.25) is 0 Å². The fourth-order valence-electron chi connectivity index (χ4n) is 2.41. The first-order chi connectivity index (χ1) is 11.5. The highest BCUT2D eigenvalue weighted by Crippen LogP contribution is 2.26. The molecule has 0 radical (unpaired) electrons. The average Bonchev–Trinajstić information content (AvgIpc) is 2.79. The number of benzene rings is 1. The van der Waals surface area contributed by atoms with Crippen LogP contribution in [-0.4, -0.2) is 22.2 Å². The van der Waals surface area contributed by atoms with Crippen molar-refractivity contribution in [3.63, 3.8) is 0 Å². The molecule has 4 nitrogen and oxygen atoms in total. The SMILES string of the molecule is O=C(O)c1cc(C#Cc2ccc3cccccc2-3)cc(C(=O)O)c1. The maximum atomic E-state index is 11.1. The molecule has 0 heterocycles. The van der Waals surface area contributed by atoms with Crippen LogP contribution in [0.2, 0.25) is 0 Å². The molecule has 24 heavy (non-hydrogen) atoms. The largest absolute Gasteiger partial charge is 0.478 e. The number of fused-ring (bicyclic) bond motifs is 1. The van der Waals surface area contributed by atoms with Gasteiger partial charge in [-0.2, -0.15) is 0 Å². The molecule has 0 saturated heterocycles. The van der Waals surface area contributed by atoms with Crippen LogP contribution in [0.15, 0.2) is 60.7 Å². The van der Waals surface area contributed by atoms with Gasteiger partial charge in [0.1, 0.15) is 0 Å². The standard InChI is InChI=1S/C20H12O4/c21-19(22)16-10-13(11-17(12-16)20(23)24)6-7-15-9-8-14-4-2-1-3-5-18(14)15/h1-5,8-12H,(H,21,22)(H,23,24). The zero-order chi connectivity index (χ0) is 17.1. The Kier molecular flexibility index (Phi) is 4.00. The average molecular weight is 316 g/mol. The van der Waals surface area contributed by atoms with Gasteiger partial charge >= 0.3 is 11.9 Å². The number of carboxylic acid groups (broad SMARTS) is 2. The molecule has 4 heteroatoms. The summed E-state index contributed by atoms with van der Waals surface area (Å²) in [7, 11) is 0. The third-order valence-electron chi connectivity index (χ3n) is 3.56. The lowest BCUT2D eigenvalue weighted by atomic mass is 10.0. The molecule has 1 aromatic rings. The second-order valence-electron chi connectivity index (χ2n) is 5.19. The van der Waals surface area contributed by atoms with E-state index >= 15 is 0 Å². The van der Waals surface area contributed by atoms with E-state index in [0.29, 0.717) is 5.56 Å². The van der Waals surface area contributed by atoms with E-state index in [0.717, 1.165) is 22.8 Å². The zero-order valence-corrected chi connectivity index (χ0v) is 12.5. The smallest absolute Gasteiger partial charge is 0.335 e. The Morgan fingerprint density at radius 3 is 2.08 bits per heavy atom. The van der Waals surface area contributed by atoms with Crippen LogP contribution >= 0.6 is 0 Å².